The zero-order valence-electron chi connectivity index (χ0n) is 22.5. The number of phenolic OH excluding ortho intramolecular Hbond substituents is 1. The number of halogens is 1. The zero-order chi connectivity index (χ0) is 28.4. The Morgan fingerprint density at radius 2 is 1.65 bits per heavy atom. The van der Waals surface area contributed by atoms with Crippen molar-refractivity contribution in [3.05, 3.63) is 71.8 Å². The lowest BCUT2D eigenvalue weighted by Crippen LogP contribution is -2.26. The first-order valence-corrected chi connectivity index (χ1v) is 14.4. The molecule has 0 aliphatic heterocycles. The Morgan fingerprint density at radius 1 is 0.950 bits per heavy atom. The number of hydrogen-bond acceptors (Lipinski definition) is 9. The van der Waals surface area contributed by atoms with Gasteiger partial charge >= 0.3 is 5.97 Å². The van der Waals surface area contributed by atoms with Crippen LogP contribution in [0.3, 0.4) is 0 Å². The highest BCUT2D eigenvalue weighted by atomic mass is 35.5. The molecule has 0 saturated heterocycles. The normalized spacial score (nSPS) is 11.7. The number of benzene rings is 3. The highest BCUT2D eigenvalue weighted by Crippen LogP contribution is 2.30. The Bertz CT molecular complexity index is 1370. The zero-order valence-corrected chi connectivity index (χ0v) is 24.2. The number of ether oxygens (including phenoxy) is 3. The van der Waals surface area contributed by atoms with Crippen LogP contribution in [0.25, 0.3) is 11.1 Å². The average molecular weight is 595 g/mol. The third-order valence-corrected chi connectivity index (χ3v) is 6.14. The van der Waals surface area contributed by atoms with E-state index in [0.717, 1.165) is 17.4 Å². The second kappa shape index (κ2) is 15.3. The van der Waals surface area contributed by atoms with Crippen molar-refractivity contribution in [2.75, 3.05) is 43.9 Å². The molecule has 3 aromatic rings. The maximum Gasteiger partial charge on any atom is 0.341 e. The second-order valence-corrected chi connectivity index (χ2v) is 10.4. The van der Waals surface area contributed by atoms with Gasteiger partial charge in [-0.1, -0.05) is 24.3 Å². The standard InChI is InChI=1S/C28H34N2O8S.ClH/c1-4-36-27-17-20(8-12-23(27)28(33)37-5-2)19-6-10-22(11-7-19)38-15-14-29-18-26(32)21-9-13-25(31)24(16-21)30-39(3,34)35;/h6-13,16-17,26,29-32H,4-5,14-15,18H2,1-3H3;1H/t26-;/m0./s1. The van der Waals surface area contributed by atoms with Crippen LogP contribution in [0.1, 0.15) is 35.9 Å². The largest absolute Gasteiger partial charge is 0.506 e. The molecule has 1 atom stereocenters. The molecule has 0 spiro atoms. The summed E-state index contributed by atoms with van der Waals surface area (Å²) in [7, 11) is -3.57. The van der Waals surface area contributed by atoms with Crippen molar-refractivity contribution < 1.29 is 37.6 Å². The van der Waals surface area contributed by atoms with Crippen LogP contribution in [-0.4, -0.2) is 63.8 Å². The lowest BCUT2D eigenvalue weighted by Gasteiger charge is -2.15. The topological polar surface area (TPSA) is 143 Å². The number of phenols is 1. The number of carbonyl (C=O) groups is 1. The van der Waals surface area contributed by atoms with Crippen molar-refractivity contribution in [1.29, 1.82) is 0 Å². The molecule has 0 aliphatic rings. The number of nitrogens with one attached hydrogen (secondary N) is 2. The van der Waals surface area contributed by atoms with Crippen molar-refractivity contribution in [2.45, 2.75) is 20.0 Å². The SMILES string of the molecule is CCOC(=O)c1ccc(-c2ccc(OCCNC[C@H](O)c3ccc(O)c(NS(C)(=O)=O)c3)cc2)cc1OCC.Cl. The van der Waals surface area contributed by atoms with Gasteiger partial charge in [-0.25, -0.2) is 13.2 Å². The summed E-state index contributed by atoms with van der Waals surface area (Å²) >= 11 is 0. The van der Waals surface area contributed by atoms with E-state index in [9.17, 15) is 23.4 Å². The molecule has 4 N–H and O–H groups in total. The second-order valence-electron chi connectivity index (χ2n) is 8.61. The number of hydrogen-bond donors (Lipinski definition) is 4. The van der Waals surface area contributed by atoms with Gasteiger partial charge in [-0.05, 0) is 66.9 Å². The maximum absolute atomic E-state index is 12.2. The van der Waals surface area contributed by atoms with Gasteiger partial charge in [-0.2, -0.15) is 0 Å². The Labute approximate surface area is 240 Å². The van der Waals surface area contributed by atoms with Gasteiger partial charge in [0.15, 0.2) is 0 Å². The molecule has 0 fully saturated rings. The van der Waals surface area contributed by atoms with Gasteiger partial charge in [0.1, 0.15) is 29.4 Å². The van der Waals surface area contributed by atoms with Gasteiger partial charge in [0.25, 0.3) is 0 Å². The quantitative estimate of drug-likeness (QED) is 0.123. The van der Waals surface area contributed by atoms with Crippen molar-refractivity contribution >= 4 is 34.1 Å². The van der Waals surface area contributed by atoms with E-state index in [4.69, 9.17) is 14.2 Å². The lowest BCUT2D eigenvalue weighted by atomic mass is 10.0. The predicted molar refractivity (Wildman–Crippen MR) is 156 cm³/mol. The first kappa shape index (κ1) is 32.7. The molecule has 0 amide bonds. The van der Waals surface area contributed by atoms with Crippen molar-refractivity contribution in [1.82, 2.24) is 5.32 Å². The van der Waals surface area contributed by atoms with Crippen LogP contribution in [0.15, 0.2) is 60.7 Å². The Morgan fingerprint density at radius 3 is 2.30 bits per heavy atom. The number of anilines is 1. The number of sulfonamides is 1. The molecule has 0 bridgehead atoms. The highest BCUT2D eigenvalue weighted by Gasteiger charge is 2.15. The molecule has 0 radical (unpaired) electrons. The third kappa shape index (κ3) is 9.60. The molecule has 218 valence electrons. The summed E-state index contributed by atoms with van der Waals surface area (Å²) in [5.74, 6) is 0.489. The molecule has 12 heteroatoms. The summed E-state index contributed by atoms with van der Waals surface area (Å²) in [4.78, 5) is 12.2. The van der Waals surface area contributed by atoms with E-state index in [1.807, 2.05) is 43.3 Å². The summed E-state index contributed by atoms with van der Waals surface area (Å²) in [6, 6.07) is 17.1. The number of carbonyl (C=O) groups excluding carboxylic acids is 1. The van der Waals surface area contributed by atoms with E-state index in [-0.39, 0.29) is 37.0 Å². The smallest absolute Gasteiger partial charge is 0.341 e. The summed E-state index contributed by atoms with van der Waals surface area (Å²) < 4.78 is 41.6. The van der Waals surface area contributed by atoms with Gasteiger partial charge in [0.05, 0.1) is 31.3 Å². The van der Waals surface area contributed by atoms with Gasteiger partial charge < -0.3 is 29.7 Å². The van der Waals surface area contributed by atoms with Gasteiger partial charge in [0, 0.05) is 13.1 Å². The Kier molecular flexibility index (Phi) is 12.5. The van der Waals surface area contributed by atoms with E-state index in [0.29, 0.717) is 42.4 Å². The van der Waals surface area contributed by atoms with Crippen LogP contribution in [-0.2, 0) is 14.8 Å². The minimum atomic E-state index is -3.57. The van der Waals surface area contributed by atoms with Crippen molar-refractivity contribution in [3.63, 3.8) is 0 Å². The van der Waals surface area contributed by atoms with Gasteiger partial charge in [-0.3, -0.25) is 4.72 Å². The summed E-state index contributed by atoms with van der Waals surface area (Å²) in [6.07, 6.45) is 0.0648. The van der Waals surface area contributed by atoms with E-state index in [2.05, 4.69) is 10.0 Å². The molecule has 0 aliphatic carbocycles. The monoisotopic (exact) mass is 594 g/mol. The van der Waals surface area contributed by atoms with Crippen LogP contribution >= 0.6 is 12.4 Å². The number of rotatable bonds is 14. The number of esters is 1. The fourth-order valence-electron chi connectivity index (χ4n) is 3.74. The van der Waals surface area contributed by atoms with Crippen LogP contribution in [0, 0.1) is 0 Å². The van der Waals surface area contributed by atoms with Crippen LogP contribution < -0.4 is 19.5 Å². The average Bonchev–Trinajstić information content (AvgIpc) is 2.89. The molecule has 3 rings (SSSR count). The highest BCUT2D eigenvalue weighted by molar-refractivity contribution is 7.92. The molecule has 40 heavy (non-hydrogen) atoms. The van der Waals surface area contributed by atoms with Crippen molar-refractivity contribution in [3.8, 4) is 28.4 Å². The fourth-order valence-corrected chi connectivity index (χ4v) is 4.30. The third-order valence-electron chi connectivity index (χ3n) is 5.55. The number of aromatic hydroxyl groups is 1. The van der Waals surface area contributed by atoms with Gasteiger partial charge in [-0.15, -0.1) is 12.4 Å². The molecule has 0 heterocycles. The minimum Gasteiger partial charge on any atom is -0.506 e. The first-order valence-electron chi connectivity index (χ1n) is 12.5. The van der Waals surface area contributed by atoms with Crippen LogP contribution in [0.4, 0.5) is 5.69 Å². The molecular weight excluding hydrogens is 560 g/mol. The molecular formula is C28H35ClN2O8S. The molecule has 0 saturated carbocycles. The van der Waals surface area contributed by atoms with E-state index < -0.39 is 22.1 Å². The van der Waals surface area contributed by atoms with Crippen LogP contribution in [0.2, 0.25) is 0 Å². The summed E-state index contributed by atoms with van der Waals surface area (Å²) in [5.41, 5.74) is 2.66. The number of aliphatic hydroxyl groups excluding tert-OH is 1. The van der Waals surface area contributed by atoms with E-state index in [1.165, 1.54) is 18.2 Å². The Hall–Kier alpha value is -3.51. The summed E-state index contributed by atoms with van der Waals surface area (Å²) in [6.45, 7) is 5.33. The Balaban J connectivity index is 0.00000560. The maximum atomic E-state index is 12.2. The summed E-state index contributed by atoms with van der Waals surface area (Å²) in [5, 5.41) is 23.3. The molecule has 0 unspecified atom stereocenters. The van der Waals surface area contributed by atoms with Crippen molar-refractivity contribution in [2.24, 2.45) is 0 Å². The van der Waals surface area contributed by atoms with Gasteiger partial charge in [0.2, 0.25) is 10.0 Å². The molecule has 3 aromatic carbocycles. The lowest BCUT2D eigenvalue weighted by molar-refractivity contribution is 0.0522. The predicted octanol–water partition coefficient (Wildman–Crippen LogP) is 4.13. The first-order chi connectivity index (χ1) is 18.6. The van der Waals surface area contributed by atoms with Crippen LogP contribution in [0.5, 0.6) is 17.2 Å². The molecule has 0 aromatic heterocycles. The molecule has 10 nitrogen and oxygen atoms in total. The minimum absolute atomic E-state index is 0. The fraction of sp³-hybridized carbons (Fsp3) is 0.321. The van der Waals surface area contributed by atoms with E-state index in [1.54, 1.807) is 13.0 Å². The number of aliphatic hydroxyl groups is 1. The van der Waals surface area contributed by atoms with E-state index >= 15 is 0 Å².